The van der Waals surface area contributed by atoms with Gasteiger partial charge in [0.15, 0.2) is 0 Å². The summed E-state index contributed by atoms with van der Waals surface area (Å²) in [5, 5.41) is 3.49. The minimum Gasteiger partial charge on any atom is -0.314 e. The lowest BCUT2D eigenvalue weighted by molar-refractivity contribution is 0.152. The molecule has 1 unspecified atom stereocenters. The number of nitrogens with one attached hydrogen (secondary N) is 1. The van der Waals surface area contributed by atoms with Crippen LogP contribution in [0.25, 0.3) is 0 Å². The number of rotatable bonds is 3. The monoisotopic (exact) mass is 331 g/mol. The van der Waals surface area contributed by atoms with Crippen molar-refractivity contribution >= 4 is 15.9 Å². The number of pyridine rings is 1. The Kier molecular flexibility index (Phi) is 4.45. The van der Waals surface area contributed by atoms with Crippen LogP contribution in [-0.4, -0.2) is 29.5 Å². The van der Waals surface area contributed by atoms with Gasteiger partial charge in [-0.05, 0) is 33.6 Å². The molecule has 1 atom stereocenters. The molecule has 1 aromatic carbocycles. The second-order valence-electron chi connectivity index (χ2n) is 5.07. The molecule has 0 spiro atoms. The SMILES string of the molecule is Brc1ccc(CN2CCNCC2c2ccccc2)nc1. The summed E-state index contributed by atoms with van der Waals surface area (Å²) >= 11 is 3.43. The Labute approximate surface area is 128 Å². The summed E-state index contributed by atoms with van der Waals surface area (Å²) in [6, 6.07) is 15.3. The summed E-state index contributed by atoms with van der Waals surface area (Å²) in [5.74, 6) is 0. The second kappa shape index (κ2) is 6.48. The number of hydrogen-bond donors (Lipinski definition) is 1. The van der Waals surface area contributed by atoms with Crippen LogP contribution in [0.4, 0.5) is 0 Å². The molecule has 0 radical (unpaired) electrons. The summed E-state index contributed by atoms with van der Waals surface area (Å²) in [7, 11) is 0. The van der Waals surface area contributed by atoms with Gasteiger partial charge >= 0.3 is 0 Å². The van der Waals surface area contributed by atoms with Gasteiger partial charge in [-0.15, -0.1) is 0 Å². The Bertz CT molecular complexity index is 541. The van der Waals surface area contributed by atoms with Crippen molar-refractivity contribution in [3.05, 3.63) is 64.4 Å². The van der Waals surface area contributed by atoms with E-state index in [0.717, 1.165) is 36.3 Å². The third kappa shape index (κ3) is 3.26. The normalized spacial score (nSPS) is 19.9. The van der Waals surface area contributed by atoms with Gasteiger partial charge in [0.1, 0.15) is 0 Å². The van der Waals surface area contributed by atoms with Crippen molar-refractivity contribution in [1.82, 2.24) is 15.2 Å². The first-order chi connectivity index (χ1) is 9.83. The molecule has 1 saturated heterocycles. The fourth-order valence-corrected chi connectivity index (χ4v) is 2.88. The van der Waals surface area contributed by atoms with Gasteiger partial charge in [0, 0.05) is 42.9 Å². The first-order valence-electron chi connectivity index (χ1n) is 6.93. The average molecular weight is 332 g/mol. The molecule has 104 valence electrons. The predicted octanol–water partition coefficient (Wildman–Crippen LogP) is 2.99. The highest BCUT2D eigenvalue weighted by Gasteiger charge is 2.23. The molecule has 1 N–H and O–H groups in total. The minimum atomic E-state index is 0.426. The van der Waals surface area contributed by atoms with Crippen LogP contribution in [0, 0.1) is 0 Å². The first kappa shape index (κ1) is 13.7. The third-order valence-corrected chi connectivity index (χ3v) is 4.16. The molecule has 0 amide bonds. The van der Waals surface area contributed by atoms with Crippen LogP contribution in [0.5, 0.6) is 0 Å². The first-order valence-corrected chi connectivity index (χ1v) is 7.72. The molecule has 20 heavy (non-hydrogen) atoms. The topological polar surface area (TPSA) is 28.2 Å². The highest BCUT2D eigenvalue weighted by molar-refractivity contribution is 9.10. The summed E-state index contributed by atoms with van der Waals surface area (Å²) in [5.41, 5.74) is 2.49. The zero-order chi connectivity index (χ0) is 13.8. The van der Waals surface area contributed by atoms with Gasteiger partial charge in [-0.25, -0.2) is 0 Å². The summed E-state index contributed by atoms with van der Waals surface area (Å²) in [6.45, 7) is 3.99. The van der Waals surface area contributed by atoms with Crippen LogP contribution in [0.1, 0.15) is 17.3 Å². The highest BCUT2D eigenvalue weighted by Crippen LogP contribution is 2.23. The number of hydrogen-bond acceptors (Lipinski definition) is 3. The molecule has 0 saturated carbocycles. The average Bonchev–Trinajstić information content (AvgIpc) is 2.51. The molecule has 1 aromatic heterocycles. The van der Waals surface area contributed by atoms with Crippen LogP contribution in [0.2, 0.25) is 0 Å². The van der Waals surface area contributed by atoms with Gasteiger partial charge in [-0.2, -0.15) is 0 Å². The highest BCUT2D eigenvalue weighted by atomic mass is 79.9. The molecular formula is C16H18BrN3. The van der Waals surface area contributed by atoms with Crippen molar-refractivity contribution < 1.29 is 0 Å². The van der Waals surface area contributed by atoms with Gasteiger partial charge in [0.2, 0.25) is 0 Å². The summed E-state index contributed by atoms with van der Waals surface area (Å²) in [6.07, 6.45) is 1.87. The van der Waals surface area contributed by atoms with E-state index in [1.165, 1.54) is 5.56 Å². The molecule has 4 heteroatoms. The molecule has 0 bridgehead atoms. The van der Waals surface area contributed by atoms with E-state index in [4.69, 9.17) is 0 Å². The van der Waals surface area contributed by atoms with Gasteiger partial charge in [-0.3, -0.25) is 9.88 Å². The lowest BCUT2D eigenvalue weighted by Crippen LogP contribution is -2.45. The van der Waals surface area contributed by atoms with E-state index in [9.17, 15) is 0 Å². The molecule has 0 aliphatic carbocycles. The van der Waals surface area contributed by atoms with Crippen molar-refractivity contribution in [3.8, 4) is 0 Å². The fraction of sp³-hybridized carbons (Fsp3) is 0.312. The van der Waals surface area contributed by atoms with Crippen LogP contribution in [0.3, 0.4) is 0 Å². The molecule has 1 aliphatic rings. The van der Waals surface area contributed by atoms with Crippen molar-refractivity contribution in [1.29, 1.82) is 0 Å². The van der Waals surface area contributed by atoms with E-state index in [1.54, 1.807) is 0 Å². The summed E-state index contributed by atoms with van der Waals surface area (Å²) < 4.78 is 1.03. The Morgan fingerprint density at radius 2 is 2.05 bits per heavy atom. The number of nitrogens with zero attached hydrogens (tertiary/aromatic N) is 2. The Morgan fingerprint density at radius 3 is 2.80 bits per heavy atom. The molecule has 1 aliphatic heterocycles. The minimum absolute atomic E-state index is 0.426. The smallest absolute Gasteiger partial charge is 0.0545 e. The van der Waals surface area contributed by atoms with Crippen molar-refractivity contribution in [3.63, 3.8) is 0 Å². The van der Waals surface area contributed by atoms with Crippen LogP contribution >= 0.6 is 15.9 Å². The maximum absolute atomic E-state index is 4.49. The van der Waals surface area contributed by atoms with E-state index < -0.39 is 0 Å². The van der Waals surface area contributed by atoms with Crippen molar-refractivity contribution in [2.24, 2.45) is 0 Å². The van der Waals surface area contributed by atoms with Gasteiger partial charge < -0.3 is 5.32 Å². The van der Waals surface area contributed by atoms with Crippen LogP contribution in [0.15, 0.2) is 53.1 Å². The molecule has 3 rings (SSSR count). The van der Waals surface area contributed by atoms with Gasteiger partial charge in [0.05, 0.1) is 5.69 Å². The zero-order valence-electron chi connectivity index (χ0n) is 11.3. The van der Waals surface area contributed by atoms with E-state index in [0.29, 0.717) is 6.04 Å². The van der Waals surface area contributed by atoms with E-state index >= 15 is 0 Å². The predicted molar refractivity (Wildman–Crippen MR) is 84.4 cm³/mol. The molecule has 3 nitrogen and oxygen atoms in total. The molecule has 1 fully saturated rings. The Morgan fingerprint density at radius 1 is 1.20 bits per heavy atom. The molecular weight excluding hydrogens is 314 g/mol. The number of benzene rings is 1. The Hall–Kier alpha value is -1.23. The number of halogens is 1. The quantitative estimate of drug-likeness (QED) is 0.937. The number of aromatic nitrogens is 1. The molecule has 2 heterocycles. The maximum Gasteiger partial charge on any atom is 0.0545 e. The lowest BCUT2D eigenvalue weighted by atomic mass is 10.0. The molecule has 2 aromatic rings. The standard InChI is InChI=1S/C16H18BrN3/c17-14-6-7-15(19-10-14)12-20-9-8-18-11-16(20)13-4-2-1-3-5-13/h1-7,10,16,18H,8-9,11-12H2. The van der Waals surface area contributed by atoms with Gasteiger partial charge in [0.25, 0.3) is 0 Å². The van der Waals surface area contributed by atoms with Gasteiger partial charge in [-0.1, -0.05) is 30.3 Å². The second-order valence-corrected chi connectivity index (χ2v) is 5.98. The number of piperazine rings is 1. The van der Waals surface area contributed by atoms with Crippen molar-refractivity contribution in [2.45, 2.75) is 12.6 Å². The fourth-order valence-electron chi connectivity index (χ4n) is 2.65. The summed E-state index contributed by atoms with van der Waals surface area (Å²) in [4.78, 5) is 6.99. The van der Waals surface area contributed by atoms with E-state index in [2.05, 4.69) is 73.6 Å². The van der Waals surface area contributed by atoms with Crippen molar-refractivity contribution in [2.75, 3.05) is 19.6 Å². The van der Waals surface area contributed by atoms with E-state index in [1.807, 2.05) is 6.20 Å². The van der Waals surface area contributed by atoms with Crippen LogP contribution < -0.4 is 5.32 Å². The van der Waals surface area contributed by atoms with Crippen LogP contribution in [-0.2, 0) is 6.54 Å². The third-order valence-electron chi connectivity index (χ3n) is 3.69. The Balaban J connectivity index is 1.77. The zero-order valence-corrected chi connectivity index (χ0v) is 12.9. The largest absolute Gasteiger partial charge is 0.314 e. The maximum atomic E-state index is 4.49. The van der Waals surface area contributed by atoms with E-state index in [-0.39, 0.29) is 0 Å². The lowest BCUT2D eigenvalue weighted by Gasteiger charge is -2.36.